The van der Waals surface area contributed by atoms with Gasteiger partial charge in [-0.15, -0.1) is 0 Å². The van der Waals surface area contributed by atoms with Crippen LogP contribution in [0.25, 0.3) is 0 Å². The third kappa shape index (κ3) is 5.50. The van der Waals surface area contributed by atoms with E-state index in [1.165, 1.54) is 18.2 Å². The number of anilines is 1. The maximum absolute atomic E-state index is 13.2. The Morgan fingerprint density at radius 3 is 2.54 bits per heavy atom. The minimum Gasteiger partial charge on any atom is -0.433 e. The Kier molecular flexibility index (Phi) is 6.98. The van der Waals surface area contributed by atoms with Gasteiger partial charge in [0.25, 0.3) is 0 Å². The third-order valence-corrected chi connectivity index (χ3v) is 5.13. The van der Waals surface area contributed by atoms with E-state index >= 15 is 0 Å². The summed E-state index contributed by atoms with van der Waals surface area (Å²) >= 11 is 11.5. The molecule has 0 unspecified atom stereocenters. The lowest BCUT2D eigenvalue weighted by molar-refractivity contribution is -0.0493. The number of nitrogens with one attached hydrogen (secondary N) is 1. The lowest BCUT2D eigenvalue weighted by Gasteiger charge is -2.36. The number of thiocarbonyl (C=S) groups is 1. The zero-order valence-electron chi connectivity index (χ0n) is 14.9. The van der Waals surface area contributed by atoms with Gasteiger partial charge in [-0.2, -0.15) is 8.78 Å². The summed E-state index contributed by atoms with van der Waals surface area (Å²) in [7, 11) is 0. The van der Waals surface area contributed by atoms with Crippen molar-refractivity contribution in [2.75, 3.05) is 31.5 Å². The van der Waals surface area contributed by atoms with Crippen molar-refractivity contribution in [3.63, 3.8) is 0 Å². The Labute approximate surface area is 171 Å². The van der Waals surface area contributed by atoms with Gasteiger partial charge in [0.05, 0.1) is 5.69 Å². The molecule has 2 aromatic carbocycles. The minimum absolute atomic E-state index is 0.0458. The molecule has 1 N–H and O–H groups in total. The summed E-state index contributed by atoms with van der Waals surface area (Å²) in [4.78, 5) is 4.17. The van der Waals surface area contributed by atoms with E-state index in [1.54, 1.807) is 24.3 Å². The van der Waals surface area contributed by atoms with Crippen LogP contribution in [-0.2, 0) is 6.54 Å². The quantitative estimate of drug-likeness (QED) is 0.701. The van der Waals surface area contributed by atoms with Crippen LogP contribution in [0, 0.1) is 5.82 Å². The second-order valence-electron chi connectivity index (χ2n) is 6.30. The van der Waals surface area contributed by atoms with Crippen LogP contribution in [0.2, 0.25) is 5.02 Å². The molecule has 28 heavy (non-hydrogen) atoms. The largest absolute Gasteiger partial charge is 0.433 e. The van der Waals surface area contributed by atoms with Gasteiger partial charge < -0.3 is 15.0 Å². The molecule has 1 aliphatic rings. The molecule has 1 saturated heterocycles. The van der Waals surface area contributed by atoms with Crippen molar-refractivity contribution in [3.05, 3.63) is 58.9 Å². The summed E-state index contributed by atoms with van der Waals surface area (Å²) in [6, 6.07) is 10.8. The van der Waals surface area contributed by atoms with Gasteiger partial charge in [-0.3, -0.25) is 4.90 Å². The van der Waals surface area contributed by atoms with E-state index in [1.807, 2.05) is 4.90 Å². The maximum atomic E-state index is 13.2. The Hall–Kier alpha value is -2.03. The summed E-state index contributed by atoms with van der Waals surface area (Å²) in [5, 5.41) is 3.84. The predicted molar refractivity (Wildman–Crippen MR) is 108 cm³/mol. The first-order valence-electron chi connectivity index (χ1n) is 8.68. The molecule has 1 fully saturated rings. The van der Waals surface area contributed by atoms with E-state index in [9.17, 15) is 13.2 Å². The number of hydrogen-bond acceptors (Lipinski definition) is 3. The van der Waals surface area contributed by atoms with Crippen molar-refractivity contribution in [3.8, 4) is 5.75 Å². The lowest BCUT2D eigenvalue weighted by atomic mass is 10.2. The number of benzene rings is 2. The van der Waals surface area contributed by atoms with E-state index in [0.29, 0.717) is 35.5 Å². The van der Waals surface area contributed by atoms with Crippen LogP contribution >= 0.6 is 23.8 Å². The van der Waals surface area contributed by atoms with Crippen LogP contribution < -0.4 is 10.1 Å². The molecule has 4 nitrogen and oxygen atoms in total. The average Bonchev–Trinajstić information content (AvgIpc) is 2.66. The maximum Gasteiger partial charge on any atom is 0.387 e. The number of nitrogens with zero attached hydrogens (tertiary/aromatic N) is 2. The first-order chi connectivity index (χ1) is 13.4. The van der Waals surface area contributed by atoms with Gasteiger partial charge in [-0.1, -0.05) is 29.8 Å². The normalized spacial score (nSPS) is 15.0. The SMILES string of the molecule is Fc1ccc(CN2CCN(C(=S)Nc3ccccc3OC(F)F)CC2)c(Cl)c1. The number of ether oxygens (including phenoxy) is 1. The number of halogens is 4. The molecule has 9 heteroatoms. The Bertz CT molecular complexity index is 832. The fourth-order valence-corrected chi connectivity index (χ4v) is 3.48. The van der Waals surface area contributed by atoms with Gasteiger partial charge in [-0.05, 0) is 42.0 Å². The smallest absolute Gasteiger partial charge is 0.387 e. The molecular weight excluding hydrogens is 411 g/mol. The van der Waals surface area contributed by atoms with Crippen LogP contribution in [-0.4, -0.2) is 47.7 Å². The molecule has 0 aromatic heterocycles. The number of hydrogen-bond donors (Lipinski definition) is 1. The van der Waals surface area contributed by atoms with Crippen molar-refractivity contribution in [2.45, 2.75) is 13.2 Å². The van der Waals surface area contributed by atoms with E-state index in [0.717, 1.165) is 18.7 Å². The molecule has 3 rings (SSSR count). The molecule has 1 aliphatic heterocycles. The fourth-order valence-electron chi connectivity index (χ4n) is 2.96. The summed E-state index contributed by atoms with van der Waals surface area (Å²) < 4.78 is 42.8. The van der Waals surface area contributed by atoms with Crippen LogP contribution in [0.5, 0.6) is 5.75 Å². The lowest BCUT2D eigenvalue weighted by Crippen LogP contribution is -2.49. The second kappa shape index (κ2) is 9.45. The highest BCUT2D eigenvalue weighted by atomic mass is 35.5. The molecule has 0 spiro atoms. The molecule has 0 radical (unpaired) electrons. The molecule has 0 amide bonds. The number of para-hydroxylation sites is 2. The van der Waals surface area contributed by atoms with Crippen molar-refractivity contribution >= 4 is 34.6 Å². The first kappa shape index (κ1) is 20.7. The predicted octanol–water partition coefficient (Wildman–Crippen LogP) is 4.60. The Balaban J connectivity index is 1.54. The van der Waals surface area contributed by atoms with E-state index in [-0.39, 0.29) is 11.6 Å². The second-order valence-corrected chi connectivity index (χ2v) is 7.10. The monoisotopic (exact) mass is 429 g/mol. The number of alkyl halides is 2. The van der Waals surface area contributed by atoms with Gasteiger partial charge in [0.15, 0.2) is 5.11 Å². The van der Waals surface area contributed by atoms with Crippen molar-refractivity contribution in [1.29, 1.82) is 0 Å². The minimum atomic E-state index is -2.90. The molecule has 0 bridgehead atoms. The van der Waals surface area contributed by atoms with Crippen molar-refractivity contribution in [2.24, 2.45) is 0 Å². The Morgan fingerprint density at radius 2 is 1.86 bits per heavy atom. The molecule has 2 aromatic rings. The topological polar surface area (TPSA) is 27.7 Å². The van der Waals surface area contributed by atoms with E-state index < -0.39 is 6.61 Å². The third-order valence-electron chi connectivity index (χ3n) is 4.41. The zero-order valence-corrected chi connectivity index (χ0v) is 16.4. The molecule has 0 saturated carbocycles. The van der Waals surface area contributed by atoms with Crippen LogP contribution in [0.15, 0.2) is 42.5 Å². The fraction of sp³-hybridized carbons (Fsp3) is 0.316. The molecule has 0 atom stereocenters. The van der Waals surface area contributed by atoms with Crippen LogP contribution in [0.3, 0.4) is 0 Å². The standard InChI is InChI=1S/C19H19ClF3N3OS/c20-15-11-14(21)6-5-13(15)12-25-7-9-26(10-8-25)19(28)24-16-3-1-2-4-17(16)27-18(22)23/h1-6,11,18H,7-10,12H2,(H,24,28). The van der Waals surface area contributed by atoms with Gasteiger partial charge in [-0.25, -0.2) is 4.39 Å². The zero-order chi connectivity index (χ0) is 20.1. The van der Waals surface area contributed by atoms with Crippen molar-refractivity contribution in [1.82, 2.24) is 9.80 Å². The summed E-state index contributed by atoms with van der Waals surface area (Å²) in [5.74, 6) is -0.310. The summed E-state index contributed by atoms with van der Waals surface area (Å²) in [6.45, 7) is 0.539. The highest BCUT2D eigenvalue weighted by Crippen LogP contribution is 2.26. The van der Waals surface area contributed by atoms with Gasteiger partial charge >= 0.3 is 6.61 Å². The Morgan fingerprint density at radius 1 is 1.14 bits per heavy atom. The van der Waals surface area contributed by atoms with Crippen molar-refractivity contribution < 1.29 is 17.9 Å². The first-order valence-corrected chi connectivity index (χ1v) is 9.47. The number of piperazine rings is 1. The summed E-state index contributed by atoms with van der Waals surface area (Å²) in [5.41, 5.74) is 1.27. The van der Waals surface area contributed by atoms with E-state index in [2.05, 4.69) is 15.0 Å². The summed E-state index contributed by atoms with van der Waals surface area (Å²) in [6.07, 6.45) is 0. The average molecular weight is 430 g/mol. The van der Waals surface area contributed by atoms with E-state index in [4.69, 9.17) is 23.8 Å². The molecule has 1 heterocycles. The highest BCUT2D eigenvalue weighted by molar-refractivity contribution is 7.80. The highest BCUT2D eigenvalue weighted by Gasteiger charge is 2.21. The molecule has 0 aliphatic carbocycles. The van der Waals surface area contributed by atoms with Crippen LogP contribution in [0.1, 0.15) is 5.56 Å². The van der Waals surface area contributed by atoms with Crippen LogP contribution in [0.4, 0.5) is 18.9 Å². The molecule has 150 valence electrons. The van der Waals surface area contributed by atoms with Gasteiger partial charge in [0.1, 0.15) is 11.6 Å². The van der Waals surface area contributed by atoms with Gasteiger partial charge in [0, 0.05) is 37.7 Å². The molecular formula is C19H19ClF3N3OS. The van der Waals surface area contributed by atoms with Gasteiger partial charge in [0.2, 0.25) is 0 Å². The number of rotatable bonds is 5.